The molecular formula is C16H24FNO2. The van der Waals surface area contributed by atoms with E-state index in [4.69, 9.17) is 9.47 Å². The summed E-state index contributed by atoms with van der Waals surface area (Å²) >= 11 is 0. The van der Waals surface area contributed by atoms with Gasteiger partial charge in [0, 0.05) is 19.3 Å². The van der Waals surface area contributed by atoms with Gasteiger partial charge >= 0.3 is 0 Å². The summed E-state index contributed by atoms with van der Waals surface area (Å²) in [4.78, 5) is 0. The summed E-state index contributed by atoms with van der Waals surface area (Å²) in [6.45, 7) is 4.62. The van der Waals surface area contributed by atoms with Crippen molar-refractivity contribution < 1.29 is 13.9 Å². The van der Waals surface area contributed by atoms with Crippen molar-refractivity contribution in [2.75, 3.05) is 26.9 Å². The van der Waals surface area contributed by atoms with Crippen molar-refractivity contribution in [3.05, 3.63) is 29.6 Å². The predicted molar refractivity (Wildman–Crippen MR) is 77.5 cm³/mol. The van der Waals surface area contributed by atoms with Gasteiger partial charge in [-0.2, -0.15) is 0 Å². The topological polar surface area (TPSA) is 30.5 Å². The van der Waals surface area contributed by atoms with Crippen LogP contribution in [-0.2, 0) is 4.74 Å². The predicted octanol–water partition coefficient (Wildman–Crippen LogP) is 3.30. The summed E-state index contributed by atoms with van der Waals surface area (Å²) < 4.78 is 24.1. The van der Waals surface area contributed by atoms with Gasteiger partial charge in [0.25, 0.3) is 0 Å². The van der Waals surface area contributed by atoms with E-state index in [9.17, 15) is 4.39 Å². The van der Waals surface area contributed by atoms with Crippen molar-refractivity contribution in [1.82, 2.24) is 5.32 Å². The molecule has 0 spiro atoms. The molecule has 1 N–H and O–H groups in total. The molecule has 1 atom stereocenters. The van der Waals surface area contributed by atoms with Crippen LogP contribution in [0.3, 0.4) is 0 Å². The molecular weight excluding hydrogens is 257 g/mol. The smallest absolute Gasteiger partial charge is 0.165 e. The van der Waals surface area contributed by atoms with Crippen molar-refractivity contribution in [2.45, 2.75) is 32.2 Å². The molecule has 0 saturated heterocycles. The quantitative estimate of drug-likeness (QED) is 0.704. The van der Waals surface area contributed by atoms with Crippen molar-refractivity contribution in [3.63, 3.8) is 0 Å². The third-order valence-corrected chi connectivity index (χ3v) is 3.64. The van der Waals surface area contributed by atoms with Crippen LogP contribution in [0.5, 0.6) is 5.75 Å². The summed E-state index contributed by atoms with van der Waals surface area (Å²) in [5.41, 5.74) is 0.933. The van der Waals surface area contributed by atoms with E-state index in [0.29, 0.717) is 0 Å². The van der Waals surface area contributed by atoms with E-state index < -0.39 is 0 Å². The first-order valence-electron chi connectivity index (χ1n) is 7.35. The van der Waals surface area contributed by atoms with Crippen LogP contribution in [0.4, 0.5) is 4.39 Å². The maximum absolute atomic E-state index is 13.6. The Kier molecular flexibility index (Phi) is 5.80. The molecule has 0 heterocycles. The molecule has 0 aromatic heterocycles. The van der Waals surface area contributed by atoms with E-state index in [-0.39, 0.29) is 17.6 Å². The van der Waals surface area contributed by atoms with Gasteiger partial charge in [0.2, 0.25) is 0 Å². The van der Waals surface area contributed by atoms with Gasteiger partial charge in [-0.15, -0.1) is 0 Å². The Bertz CT molecular complexity index is 421. The molecule has 2 rings (SSSR count). The summed E-state index contributed by atoms with van der Waals surface area (Å²) in [7, 11) is 1.47. The zero-order chi connectivity index (χ0) is 14.4. The second kappa shape index (κ2) is 7.60. The Morgan fingerprint density at radius 2 is 2.20 bits per heavy atom. The third kappa shape index (κ3) is 4.76. The van der Waals surface area contributed by atoms with Crippen LogP contribution in [0.2, 0.25) is 0 Å². The number of benzene rings is 1. The molecule has 1 aliphatic rings. The van der Waals surface area contributed by atoms with E-state index in [1.807, 2.05) is 13.0 Å². The minimum atomic E-state index is -0.314. The highest BCUT2D eigenvalue weighted by Crippen LogP contribution is 2.28. The maximum Gasteiger partial charge on any atom is 0.165 e. The van der Waals surface area contributed by atoms with Gasteiger partial charge in [0.15, 0.2) is 11.6 Å². The number of methoxy groups -OCH3 is 1. The number of hydrogen-bond donors (Lipinski definition) is 1. The lowest BCUT2D eigenvalue weighted by molar-refractivity contribution is 0.121. The first-order chi connectivity index (χ1) is 9.70. The zero-order valence-corrected chi connectivity index (χ0v) is 12.3. The number of rotatable bonds is 9. The van der Waals surface area contributed by atoms with Crippen LogP contribution < -0.4 is 10.1 Å². The number of nitrogens with one attached hydrogen (secondary N) is 1. The van der Waals surface area contributed by atoms with E-state index in [1.54, 1.807) is 6.07 Å². The summed E-state index contributed by atoms with van der Waals surface area (Å²) in [5, 5.41) is 3.38. The lowest BCUT2D eigenvalue weighted by Crippen LogP contribution is -2.21. The highest BCUT2D eigenvalue weighted by Gasteiger charge is 2.20. The van der Waals surface area contributed by atoms with E-state index in [1.165, 1.54) is 26.0 Å². The zero-order valence-electron chi connectivity index (χ0n) is 12.3. The van der Waals surface area contributed by atoms with Crippen LogP contribution in [0.25, 0.3) is 0 Å². The van der Waals surface area contributed by atoms with Gasteiger partial charge in [-0.05, 0) is 56.3 Å². The third-order valence-electron chi connectivity index (χ3n) is 3.64. The fraction of sp³-hybridized carbons (Fsp3) is 0.625. The van der Waals surface area contributed by atoms with Crippen LogP contribution in [0, 0.1) is 11.7 Å². The number of hydrogen-bond acceptors (Lipinski definition) is 3. The van der Waals surface area contributed by atoms with Gasteiger partial charge < -0.3 is 14.8 Å². The maximum atomic E-state index is 13.6. The molecule has 0 bridgehead atoms. The van der Waals surface area contributed by atoms with Gasteiger partial charge in [0.05, 0.1) is 7.11 Å². The molecule has 4 heteroatoms. The Balaban J connectivity index is 1.65. The summed E-state index contributed by atoms with van der Waals surface area (Å²) in [6.07, 6.45) is 3.65. The van der Waals surface area contributed by atoms with E-state index >= 15 is 0 Å². The molecule has 0 amide bonds. The van der Waals surface area contributed by atoms with Gasteiger partial charge in [-0.25, -0.2) is 4.39 Å². The Labute approximate surface area is 120 Å². The standard InChI is InChI=1S/C16H24FNO2/c1-12(14-6-7-16(19-2)15(17)10-14)18-8-3-9-20-11-13-4-5-13/h6-7,10,12-13,18H,3-5,8-9,11H2,1-2H3. The molecule has 0 aliphatic heterocycles. The Morgan fingerprint density at radius 3 is 2.85 bits per heavy atom. The molecule has 0 radical (unpaired) electrons. The number of ether oxygens (including phenoxy) is 2. The highest BCUT2D eigenvalue weighted by molar-refractivity contribution is 5.30. The van der Waals surface area contributed by atoms with E-state index in [0.717, 1.165) is 37.7 Å². The summed E-state index contributed by atoms with van der Waals surface area (Å²) in [6, 6.07) is 5.21. The molecule has 1 unspecified atom stereocenters. The van der Waals surface area contributed by atoms with Crippen molar-refractivity contribution in [1.29, 1.82) is 0 Å². The fourth-order valence-corrected chi connectivity index (χ4v) is 2.10. The normalized spacial score (nSPS) is 16.1. The lowest BCUT2D eigenvalue weighted by atomic mass is 10.1. The van der Waals surface area contributed by atoms with Crippen LogP contribution in [0.15, 0.2) is 18.2 Å². The minimum Gasteiger partial charge on any atom is -0.494 e. The minimum absolute atomic E-state index is 0.124. The van der Waals surface area contributed by atoms with Crippen molar-refractivity contribution in [3.8, 4) is 5.75 Å². The Morgan fingerprint density at radius 1 is 1.40 bits per heavy atom. The average molecular weight is 281 g/mol. The van der Waals surface area contributed by atoms with Gasteiger partial charge in [-0.1, -0.05) is 6.07 Å². The van der Waals surface area contributed by atoms with Crippen molar-refractivity contribution in [2.24, 2.45) is 5.92 Å². The summed E-state index contributed by atoms with van der Waals surface area (Å²) in [5.74, 6) is 0.796. The van der Waals surface area contributed by atoms with Gasteiger partial charge in [0.1, 0.15) is 0 Å². The first-order valence-corrected chi connectivity index (χ1v) is 7.35. The second-order valence-corrected chi connectivity index (χ2v) is 5.44. The number of halogens is 1. The van der Waals surface area contributed by atoms with Crippen molar-refractivity contribution >= 4 is 0 Å². The monoisotopic (exact) mass is 281 g/mol. The second-order valence-electron chi connectivity index (χ2n) is 5.44. The SMILES string of the molecule is COc1ccc(C(C)NCCCOCC2CC2)cc1F. The van der Waals surface area contributed by atoms with Crippen LogP contribution in [0.1, 0.15) is 37.8 Å². The molecule has 112 valence electrons. The molecule has 1 aliphatic carbocycles. The Hall–Kier alpha value is -1.13. The van der Waals surface area contributed by atoms with E-state index in [2.05, 4.69) is 5.32 Å². The molecule has 1 aromatic carbocycles. The van der Waals surface area contributed by atoms with Crippen LogP contribution >= 0.6 is 0 Å². The molecule has 3 nitrogen and oxygen atoms in total. The molecule has 1 saturated carbocycles. The van der Waals surface area contributed by atoms with Gasteiger partial charge in [-0.3, -0.25) is 0 Å². The fourth-order valence-electron chi connectivity index (χ4n) is 2.10. The molecule has 1 aromatic rings. The highest BCUT2D eigenvalue weighted by atomic mass is 19.1. The largest absolute Gasteiger partial charge is 0.494 e. The lowest BCUT2D eigenvalue weighted by Gasteiger charge is -2.15. The molecule has 1 fully saturated rings. The first kappa shape index (κ1) is 15.3. The molecule has 20 heavy (non-hydrogen) atoms. The van der Waals surface area contributed by atoms with Crippen LogP contribution in [-0.4, -0.2) is 26.9 Å². The average Bonchev–Trinajstić information content (AvgIpc) is 3.26.